The van der Waals surface area contributed by atoms with Gasteiger partial charge in [0.25, 0.3) is 0 Å². The molecule has 26 nitrogen and oxygen atoms in total. The van der Waals surface area contributed by atoms with E-state index in [1.165, 1.54) is 13.8 Å². The van der Waals surface area contributed by atoms with Gasteiger partial charge < -0.3 is 56.0 Å². The van der Waals surface area contributed by atoms with Crippen molar-refractivity contribution in [2.75, 3.05) is 37.8 Å². The molecule has 1 saturated heterocycles. The molecule has 2 aromatic rings. The minimum absolute atomic E-state index is 0.0134. The number of phosphoric ester groups is 3. The highest BCUT2D eigenvalue weighted by molar-refractivity contribution is 8.13. The molecule has 0 radical (unpaired) electrons. The van der Waals surface area contributed by atoms with Crippen LogP contribution in [0.1, 0.15) is 71.9 Å². The van der Waals surface area contributed by atoms with Gasteiger partial charge in [0.2, 0.25) is 11.8 Å². The van der Waals surface area contributed by atoms with Gasteiger partial charge in [0.1, 0.15) is 42.0 Å². The van der Waals surface area contributed by atoms with Crippen LogP contribution in [0.4, 0.5) is 5.82 Å². The van der Waals surface area contributed by atoms with Crippen molar-refractivity contribution >= 4 is 74.9 Å². The van der Waals surface area contributed by atoms with Crippen molar-refractivity contribution in [3.8, 4) is 0 Å². The Balaban J connectivity index is 1.16. The van der Waals surface area contributed by atoms with E-state index >= 15 is 0 Å². The Bertz CT molecular complexity index is 2160. The number of amides is 2. The van der Waals surface area contributed by atoms with Crippen LogP contribution in [-0.4, -0.2) is 140 Å². The van der Waals surface area contributed by atoms with Crippen molar-refractivity contribution in [3.63, 3.8) is 0 Å². The zero-order chi connectivity index (χ0) is 48.3. The van der Waals surface area contributed by atoms with Crippen LogP contribution < -0.4 is 16.4 Å². The number of carbonyl (C=O) groups excluding carboxylic acids is 4. The summed E-state index contributed by atoms with van der Waals surface area (Å²) in [5.74, 6) is -1.30. The van der Waals surface area contributed by atoms with Gasteiger partial charge in [-0.05, 0) is 31.6 Å². The van der Waals surface area contributed by atoms with Gasteiger partial charge in [0, 0.05) is 49.4 Å². The highest BCUT2D eigenvalue weighted by atomic mass is 32.2. The van der Waals surface area contributed by atoms with Crippen LogP contribution in [0.5, 0.6) is 0 Å². The summed E-state index contributed by atoms with van der Waals surface area (Å²) in [6.07, 6.45) is -1.10. The topological polar surface area (TPSA) is 401 Å². The van der Waals surface area contributed by atoms with E-state index in [0.717, 1.165) is 35.4 Å². The van der Waals surface area contributed by atoms with Crippen molar-refractivity contribution < 1.29 is 90.4 Å². The number of nitrogens with zero attached hydrogens (tertiary/aromatic N) is 4. The van der Waals surface area contributed by atoms with E-state index in [0.29, 0.717) is 25.7 Å². The number of fused-ring (bicyclic) bond motifs is 1. The molecular formula is C35H56N7O19P3S. The lowest BCUT2D eigenvalue weighted by Gasteiger charge is -2.30. The molecular weight excluding hydrogens is 947 g/mol. The number of thioether (sulfide) groups is 1. The highest BCUT2D eigenvalue weighted by Crippen LogP contribution is 2.61. The average Bonchev–Trinajstić information content (AvgIpc) is 3.88. The number of ketones is 1. The SMILES string of the molecule is CC/C=C\C[C@@H]1C(=O)CC[C@H]1CC(O)CC(=O)SCCNC(=O)CCNC(=O)C(O)C(C)(C)COP(=O)(O)OP(=O)(O)OC[C@H]1O[C@@H](n2cnc3c(N)ncnc32)[C@H](O)[C@@H]1OP(=O)(O)O. The zero-order valence-electron chi connectivity index (χ0n) is 35.6. The number of imidazole rings is 1. The molecule has 2 aliphatic rings. The lowest BCUT2D eigenvalue weighted by Crippen LogP contribution is -2.46. The first-order valence-electron chi connectivity index (χ1n) is 20.2. The van der Waals surface area contributed by atoms with E-state index in [1.807, 2.05) is 19.1 Å². The second-order valence-electron chi connectivity index (χ2n) is 15.9. The molecule has 1 saturated carbocycles. The third kappa shape index (κ3) is 16.6. The molecule has 0 spiro atoms. The van der Waals surface area contributed by atoms with E-state index in [9.17, 15) is 67.8 Å². The van der Waals surface area contributed by atoms with Crippen molar-refractivity contribution in [2.45, 2.75) is 102 Å². The zero-order valence-corrected chi connectivity index (χ0v) is 39.1. The molecule has 1 aliphatic carbocycles. The van der Waals surface area contributed by atoms with Crippen LogP contribution in [0.15, 0.2) is 24.8 Å². The number of aliphatic hydroxyl groups is 3. The summed E-state index contributed by atoms with van der Waals surface area (Å²) < 4.78 is 62.3. The number of allylic oxidation sites excluding steroid dienone is 2. The second-order valence-corrected chi connectivity index (χ2v) is 21.3. The second kappa shape index (κ2) is 23.8. The molecule has 3 heterocycles. The molecule has 0 bridgehead atoms. The molecule has 30 heteroatoms. The maximum absolute atomic E-state index is 12.7. The summed E-state index contributed by atoms with van der Waals surface area (Å²) in [6.45, 7) is 2.27. The molecule has 2 amide bonds. The first-order valence-corrected chi connectivity index (χ1v) is 25.7. The number of aliphatic hydroxyl groups excluding tert-OH is 3. The van der Waals surface area contributed by atoms with Crippen molar-refractivity contribution in [3.05, 3.63) is 24.8 Å². The molecule has 65 heavy (non-hydrogen) atoms. The van der Waals surface area contributed by atoms with Crippen LogP contribution in [0, 0.1) is 17.3 Å². The van der Waals surface area contributed by atoms with E-state index in [2.05, 4.69) is 34.4 Å². The highest BCUT2D eigenvalue weighted by Gasteiger charge is 2.50. The molecule has 1 aliphatic heterocycles. The molecule has 2 aromatic heterocycles. The minimum atomic E-state index is -5.60. The lowest BCUT2D eigenvalue weighted by atomic mass is 9.87. The Morgan fingerprint density at radius 1 is 1.06 bits per heavy atom. The van der Waals surface area contributed by atoms with Gasteiger partial charge in [-0.3, -0.25) is 37.3 Å². The number of ether oxygens (including phenoxy) is 1. The molecule has 11 N–H and O–H groups in total. The molecule has 366 valence electrons. The Morgan fingerprint density at radius 3 is 2.46 bits per heavy atom. The van der Waals surface area contributed by atoms with Gasteiger partial charge in [-0.25, -0.2) is 28.6 Å². The number of hydrogen-bond donors (Lipinski definition) is 10. The van der Waals surface area contributed by atoms with Gasteiger partial charge in [-0.1, -0.05) is 44.7 Å². The number of carbonyl (C=O) groups is 4. The summed E-state index contributed by atoms with van der Waals surface area (Å²) in [6, 6.07) is 0. The van der Waals surface area contributed by atoms with E-state index < -0.39 is 90.7 Å². The maximum Gasteiger partial charge on any atom is 0.481 e. The van der Waals surface area contributed by atoms with Gasteiger partial charge >= 0.3 is 23.5 Å². The fraction of sp³-hybridized carbons (Fsp3) is 0.686. The predicted molar refractivity (Wildman–Crippen MR) is 228 cm³/mol. The van der Waals surface area contributed by atoms with Crippen LogP contribution in [0.25, 0.3) is 11.2 Å². The summed E-state index contributed by atoms with van der Waals surface area (Å²) in [5, 5.41) is 36.7. The van der Waals surface area contributed by atoms with Gasteiger partial charge in [0.15, 0.2) is 22.8 Å². The largest absolute Gasteiger partial charge is 0.481 e. The quantitative estimate of drug-likeness (QED) is 0.0353. The Hall–Kier alpha value is -3.07. The van der Waals surface area contributed by atoms with Crippen LogP contribution in [0.2, 0.25) is 0 Å². The van der Waals surface area contributed by atoms with Crippen molar-refractivity contribution in [1.29, 1.82) is 0 Å². The number of aromatic nitrogens is 4. The van der Waals surface area contributed by atoms with E-state index in [1.54, 1.807) is 0 Å². The monoisotopic (exact) mass is 1000 g/mol. The summed E-state index contributed by atoms with van der Waals surface area (Å²) >= 11 is 0.937. The van der Waals surface area contributed by atoms with Gasteiger partial charge in [-0.15, -0.1) is 0 Å². The fourth-order valence-corrected chi connectivity index (χ4v) is 10.5. The third-order valence-electron chi connectivity index (χ3n) is 10.3. The maximum atomic E-state index is 12.7. The number of nitrogen functional groups attached to an aromatic ring is 1. The normalized spacial score (nSPS) is 24.5. The number of hydrogen-bond acceptors (Lipinski definition) is 20. The van der Waals surface area contributed by atoms with Crippen LogP contribution in [-0.2, 0) is 55.5 Å². The average molecular weight is 1000 g/mol. The first kappa shape index (κ1) is 54.5. The number of nitrogens with two attached hydrogens (primary N) is 1. The minimum Gasteiger partial charge on any atom is -0.393 e. The molecule has 2 fully saturated rings. The number of rotatable bonds is 26. The molecule has 4 rings (SSSR count). The van der Waals surface area contributed by atoms with E-state index in [-0.39, 0.29) is 71.4 Å². The van der Waals surface area contributed by atoms with Gasteiger partial charge in [0.05, 0.1) is 25.6 Å². The van der Waals surface area contributed by atoms with Crippen LogP contribution >= 0.6 is 35.2 Å². The predicted octanol–water partition coefficient (Wildman–Crippen LogP) is 0.757. The van der Waals surface area contributed by atoms with Crippen LogP contribution in [0.3, 0.4) is 0 Å². The number of Topliss-reactive ketones (excluding diaryl/α,β-unsaturated/α-hetero) is 1. The lowest BCUT2D eigenvalue weighted by molar-refractivity contribution is -0.137. The number of phosphoric acid groups is 3. The third-order valence-corrected chi connectivity index (χ3v) is 14.3. The molecule has 4 unspecified atom stereocenters. The Labute approximate surface area is 376 Å². The number of anilines is 1. The Kier molecular flexibility index (Phi) is 20.0. The van der Waals surface area contributed by atoms with Crippen molar-refractivity contribution in [1.82, 2.24) is 30.2 Å². The molecule has 0 aromatic carbocycles. The first-order chi connectivity index (χ1) is 30.3. The smallest absolute Gasteiger partial charge is 0.393 e. The van der Waals surface area contributed by atoms with Gasteiger partial charge in [-0.2, -0.15) is 4.31 Å². The number of nitrogens with one attached hydrogen (secondary N) is 2. The summed E-state index contributed by atoms with van der Waals surface area (Å²) in [7, 11) is -16.5. The fourth-order valence-electron chi connectivity index (χ4n) is 6.97. The van der Waals surface area contributed by atoms with E-state index in [4.69, 9.17) is 19.5 Å². The molecule has 10 atom stereocenters. The Morgan fingerprint density at radius 2 is 1.77 bits per heavy atom. The summed E-state index contributed by atoms with van der Waals surface area (Å²) in [5.41, 5.74) is 4.22. The van der Waals surface area contributed by atoms with Crippen molar-refractivity contribution in [2.24, 2.45) is 17.3 Å². The standard InChI is InChI=1S/C35H56N7O19P3S/c1-4-5-6-7-22-20(8-9-23(22)44)14-21(43)15-26(46)65-13-12-37-25(45)10-11-38-33(49)30(48)35(2,3)17-58-64(55,56)61-63(53,54)57-16-24-29(60-62(50,51)52)28(47)34(59-24)42-19-41-27-31(36)39-18-40-32(27)42/h5-6,18-22,24,28-30,34,43,47-48H,4,7-17H2,1-3H3,(H,37,45)(H,38,49)(H,53,54)(H,55,56)(H2,36,39,40)(H2,50,51,52)/b6-5-/t20-,21?,22-,24+,28+,29+,30?,34+/m0/s1. The summed E-state index contributed by atoms with van der Waals surface area (Å²) in [4.78, 5) is 101.